The quantitative estimate of drug-likeness (QED) is 0.489. The monoisotopic (exact) mass is 368 g/mol. The number of nitrogens with two attached hydrogens (primary N) is 1. The van der Waals surface area contributed by atoms with Crippen molar-refractivity contribution in [2.75, 3.05) is 11.4 Å². The fraction of sp³-hybridized carbons (Fsp3) is 0.500. The summed E-state index contributed by atoms with van der Waals surface area (Å²) < 4.78 is 0. The second-order valence-electron chi connectivity index (χ2n) is 5.96. The van der Waals surface area contributed by atoms with E-state index in [2.05, 4.69) is 0 Å². The van der Waals surface area contributed by atoms with Gasteiger partial charge < -0.3 is 20.7 Å². The Morgan fingerprint density at radius 2 is 1.88 bits per heavy atom. The van der Waals surface area contributed by atoms with E-state index in [9.17, 15) is 4.79 Å². The first-order valence-electron chi connectivity index (χ1n) is 8.06. The molecule has 1 saturated heterocycles. The van der Waals surface area contributed by atoms with Gasteiger partial charge in [-0.15, -0.1) is 0 Å². The number of hydrogen-bond donors (Lipinski definition) is 3. The lowest BCUT2D eigenvalue weighted by molar-refractivity contribution is -0.191. The molecule has 0 aliphatic carbocycles. The molecule has 1 aliphatic heterocycles. The van der Waals surface area contributed by atoms with Gasteiger partial charge in [-0.25, -0.2) is 0 Å². The van der Waals surface area contributed by atoms with E-state index in [0.29, 0.717) is 24.3 Å². The normalized spacial score (nSPS) is 17.5. The maximum absolute atomic E-state index is 12.2. The summed E-state index contributed by atoms with van der Waals surface area (Å²) in [6, 6.07) is 7.19. The molecule has 1 heterocycles. The van der Waals surface area contributed by atoms with Crippen LogP contribution in [0.2, 0.25) is 11.3 Å². The molecular formula is C16H22BClN2O5. The molecule has 1 amide bonds. The summed E-state index contributed by atoms with van der Waals surface area (Å²) >= 11 is 5.87. The van der Waals surface area contributed by atoms with Gasteiger partial charge in [-0.2, -0.15) is 9.59 Å². The molecule has 9 heteroatoms. The third-order valence-electron chi connectivity index (χ3n) is 4.15. The highest BCUT2D eigenvalue weighted by atomic mass is 35.5. The fourth-order valence-electron chi connectivity index (χ4n) is 2.84. The molecule has 2 rings (SSSR count). The van der Waals surface area contributed by atoms with Crippen LogP contribution < -0.4 is 10.6 Å². The zero-order valence-corrected chi connectivity index (χ0v) is 14.6. The summed E-state index contributed by atoms with van der Waals surface area (Å²) in [5, 5.41) is 18.3. The Hall–Kier alpha value is -1.70. The summed E-state index contributed by atoms with van der Waals surface area (Å²) in [7, 11) is -1.25. The Balaban J connectivity index is 0.000000970. The molecule has 0 saturated carbocycles. The SMILES string of the molecule is NC(CCCCB(O)O)C1CC(=O)N(c2ccc(Cl)cc2)C1.O=C=O. The number of nitrogens with zero attached hydrogens (tertiary/aromatic N) is 1. The van der Waals surface area contributed by atoms with E-state index < -0.39 is 7.12 Å². The van der Waals surface area contributed by atoms with Crippen LogP contribution in [0.1, 0.15) is 25.7 Å². The molecule has 136 valence electrons. The predicted molar refractivity (Wildman–Crippen MR) is 93.7 cm³/mol. The van der Waals surface area contributed by atoms with Crippen molar-refractivity contribution in [1.29, 1.82) is 0 Å². The van der Waals surface area contributed by atoms with Gasteiger partial charge in [-0.1, -0.05) is 24.4 Å². The van der Waals surface area contributed by atoms with E-state index in [0.717, 1.165) is 24.9 Å². The molecular weight excluding hydrogens is 346 g/mol. The van der Waals surface area contributed by atoms with Crippen molar-refractivity contribution >= 4 is 36.5 Å². The van der Waals surface area contributed by atoms with Crippen LogP contribution in [-0.4, -0.2) is 41.8 Å². The minimum atomic E-state index is -1.25. The highest BCUT2D eigenvalue weighted by Gasteiger charge is 2.33. The number of unbranched alkanes of at least 4 members (excludes halogenated alkanes) is 1. The van der Waals surface area contributed by atoms with Crippen LogP contribution in [0.25, 0.3) is 0 Å². The van der Waals surface area contributed by atoms with Gasteiger partial charge in [0, 0.05) is 35.6 Å². The molecule has 4 N–H and O–H groups in total. The lowest BCUT2D eigenvalue weighted by Gasteiger charge is -2.20. The molecule has 1 aromatic rings. The van der Waals surface area contributed by atoms with Gasteiger partial charge >= 0.3 is 13.3 Å². The second-order valence-corrected chi connectivity index (χ2v) is 6.39. The van der Waals surface area contributed by atoms with Gasteiger partial charge in [0.1, 0.15) is 0 Å². The zero-order chi connectivity index (χ0) is 18.8. The molecule has 0 radical (unpaired) electrons. The lowest BCUT2D eigenvalue weighted by atomic mass is 9.82. The minimum absolute atomic E-state index is 0.0444. The number of carbonyl (C=O) groups excluding carboxylic acids is 3. The van der Waals surface area contributed by atoms with Crippen molar-refractivity contribution in [2.24, 2.45) is 11.7 Å². The van der Waals surface area contributed by atoms with E-state index in [4.69, 9.17) is 37.0 Å². The summed E-state index contributed by atoms with van der Waals surface area (Å²) in [5.41, 5.74) is 7.05. The van der Waals surface area contributed by atoms with Crippen molar-refractivity contribution in [3.63, 3.8) is 0 Å². The maximum atomic E-state index is 12.2. The molecule has 0 bridgehead atoms. The third-order valence-corrected chi connectivity index (χ3v) is 4.40. The number of anilines is 1. The Bertz CT molecular complexity index is 578. The summed E-state index contributed by atoms with van der Waals surface area (Å²) in [6.45, 7) is 0.629. The highest BCUT2D eigenvalue weighted by Crippen LogP contribution is 2.28. The van der Waals surface area contributed by atoms with Crippen LogP contribution in [0.4, 0.5) is 5.69 Å². The summed E-state index contributed by atoms with van der Waals surface area (Å²) in [5.74, 6) is 0.232. The first-order valence-corrected chi connectivity index (χ1v) is 8.43. The number of halogens is 1. The number of amides is 1. The van der Waals surface area contributed by atoms with Crippen molar-refractivity contribution in [3.05, 3.63) is 29.3 Å². The Morgan fingerprint density at radius 1 is 1.28 bits per heavy atom. The molecule has 25 heavy (non-hydrogen) atoms. The van der Waals surface area contributed by atoms with Crippen molar-refractivity contribution in [1.82, 2.24) is 0 Å². The molecule has 1 aliphatic rings. The van der Waals surface area contributed by atoms with E-state index >= 15 is 0 Å². The molecule has 2 unspecified atom stereocenters. The van der Waals surface area contributed by atoms with Gasteiger partial charge in [0.25, 0.3) is 0 Å². The minimum Gasteiger partial charge on any atom is -0.427 e. The largest absolute Gasteiger partial charge is 0.451 e. The molecule has 0 spiro atoms. The molecule has 1 aromatic carbocycles. The van der Waals surface area contributed by atoms with Gasteiger partial charge in [0.15, 0.2) is 0 Å². The van der Waals surface area contributed by atoms with Gasteiger partial charge in [0.05, 0.1) is 0 Å². The van der Waals surface area contributed by atoms with Crippen molar-refractivity contribution < 1.29 is 24.4 Å². The standard InChI is InChI=1S/C15H22BClN2O3.CO2/c17-12-4-6-13(7-5-12)19-10-11(9-15(19)20)14(18)3-1-2-8-16(21)22;2-1-3/h4-7,11,14,21-22H,1-3,8-10,18H2;. The van der Waals surface area contributed by atoms with Crippen LogP contribution in [0.15, 0.2) is 24.3 Å². The Kier molecular flexibility index (Phi) is 9.41. The topological polar surface area (TPSA) is 121 Å². The Morgan fingerprint density at radius 3 is 2.44 bits per heavy atom. The maximum Gasteiger partial charge on any atom is 0.451 e. The molecule has 0 aromatic heterocycles. The number of benzene rings is 1. The number of hydrogen-bond acceptors (Lipinski definition) is 6. The second kappa shape index (κ2) is 11.0. The van der Waals surface area contributed by atoms with Crippen LogP contribution in [0, 0.1) is 5.92 Å². The average Bonchev–Trinajstić information content (AvgIpc) is 2.95. The zero-order valence-electron chi connectivity index (χ0n) is 13.8. The van der Waals surface area contributed by atoms with E-state index in [1.807, 2.05) is 12.1 Å². The lowest BCUT2D eigenvalue weighted by Crippen LogP contribution is -2.32. The first-order chi connectivity index (χ1) is 11.9. The van der Waals surface area contributed by atoms with Crippen LogP contribution in [0.3, 0.4) is 0 Å². The smallest absolute Gasteiger partial charge is 0.427 e. The summed E-state index contributed by atoms with van der Waals surface area (Å²) in [6.07, 6.45) is 3.44. The van der Waals surface area contributed by atoms with Crippen LogP contribution in [0.5, 0.6) is 0 Å². The van der Waals surface area contributed by atoms with Gasteiger partial charge in [0.2, 0.25) is 5.91 Å². The van der Waals surface area contributed by atoms with E-state index in [1.165, 1.54) is 0 Å². The van der Waals surface area contributed by atoms with Crippen LogP contribution in [-0.2, 0) is 14.4 Å². The van der Waals surface area contributed by atoms with Gasteiger partial charge in [-0.05, 0) is 37.0 Å². The van der Waals surface area contributed by atoms with Gasteiger partial charge in [-0.3, -0.25) is 4.79 Å². The Labute approximate surface area is 151 Å². The molecule has 7 nitrogen and oxygen atoms in total. The van der Waals surface area contributed by atoms with Crippen LogP contribution >= 0.6 is 11.6 Å². The molecule has 1 fully saturated rings. The predicted octanol–water partition coefficient (Wildman–Crippen LogP) is 1.08. The number of carbonyl (C=O) groups is 1. The first kappa shape index (κ1) is 21.3. The van der Waals surface area contributed by atoms with E-state index in [1.54, 1.807) is 17.0 Å². The number of rotatable bonds is 7. The van der Waals surface area contributed by atoms with E-state index in [-0.39, 0.29) is 24.0 Å². The fourth-order valence-corrected chi connectivity index (χ4v) is 2.96. The highest BCUT2D eigenvalue weighted by molar-refractivity contribution is 6.40. The molecule has 2 atom stereocenters. The average molecular weight is 369 g/mol. The third kappa shape index (κ3) is 7.38. The van der Waals surface area contributed by atoms with Crippen molar-refractivity contribution in [2.45, 2.75) is 38.0 Å². The summed E-state index contributed by atoms with van der Waals surface area (Å²) in [4.78, 5) is 30.2. The van der Waals surface area contributed by atoms with Crippen molar-refractivity contribution in [3.8, 4) is 0 Å².